The number of likely N-dealkylation sites (tertiary alicyclic amines) is 1. The summed E-state index contributed by atoms with van der Waals surface area (Å²) in [4.78, 5) is 21.4. The van der Waals surface area contributed by atoms with Crippen LogP contribution >= 0.6 is 0 Å². The molecule has 0 N–H and O–H groups in total. The zero-order valence-corrected chi connectivity index (χ0v) is 17.9. The van der Waals surface area contributed by atoms with Gasteiger partial charge in [0.05, 0.1) is 13.2 Å². The lowest BCUT2D eigenvalue weighted by Crippen LogP contribution is -2.41. The largest absolute Gasteiger partial charge is 0.461 e. The fraction of sp³-hybridized carbons (Fsp3) is 0.440. The number of aromatic nitrogens is 1. The molecule has 1 aromatic carbocycles. The Morgan fingerprint density at radius 2 is 1.74 bits per heavy atom. The minimum atomic E-state index is -0.0292. The van der Waals surface area contributed by atoms with Crippen LogP contribution in [0.5, 0.6) is 0 Å². The number of furan rings is 1. The molecule has 1 amide bonds. The van der Waals surface area contributed by atoms with Crippen LogP contribution in [0.15, 0.2) is 47.0 Å². The molecule has 0 bridgehead atoms. The number of nitrogens with zero attached hydrogens (tertiary/aromatic N) is 3. The quantitative estimate of drug-likeness (QED) is 0.626. The van der Waals surface area contributed by atoms with Crippen molar-refractivity contribution in [3.05, 3.63) is 54.0 Å². The number of morpholine rings is 1. The molecule has 2 aliphatic heterocycles. The van der Waals surface area contributed by atoms with E-state index in [0.29, 0.717) is 32.0 Å². The van der Waals surface area contributed by atoms with Gasteiger partial charge in [-0.25, -0.2) is 0 Å². The number of ether oxygens (including phenoxy) is 1. The molecule has 4 heterocycles. The molecule has 5 rings (SSSR count). The Morgan fingerprint density at radius 3 is 2.52 bits per heavy atom. The van der Waals surface area contributed by atoms with Gasteiger partial charge in [-0.05, 0) is 55.8 Å². The van der Waals surface area contributed by atoms with E-state index in [4.69, 9.17) is 9.15 Å². The lowest BCUT2D eigenvalue weighted by Gasteiger charge is -2.26. The molecule has 0 unspecified atom stereocenters. The number of carbonyl (C=O) groups excluding carboxylic acids is 1. The van der Waals surface area contributed by atoms with E-state index in [-0.39, 0.29) is 5.91 Å². The minimum Gasteiger partial charge on any atom is -0.461 e. The van der Waals surface area contributed by atoms with Gasteiger partial charge in [0.2, 0.25) is 0 Å². The molecule has 0 aliphatic carbocycles. The zero-order chi connectivity index (χ0) is 21.0. The Balaban J connectivity index is 1.27. The molecule has 6 nitrogen and oxygen atoms in total. The maximum atomic E-state index is 12.6. The van der Waals surface area contributed by atoms with Gasteiger partial charge in [-0.1, -0.05) is 18.6 Å². The first-order valence-electron chi connectivity index (χ1n) is 11.3. The van der Waals surface area contributed by atoms with E-state index in [2.05, 4.69) is 28.1 Å². The van der Waals surface area contributed by atoms with Gasteiger partial charge in [0, 0.05) is 43.2 Å². The Kier molecular flexibility index (Phi) is 6.00. The van der Waals surface area contributed by atoms with E-state index in [1.165, 1.54) is 32.4 Å². The Bertz CT molecular complexity index is 1030. The van der Waals surface area contributed by atoms with Crippen LogP contribution < -0.4 is 0 Å². The highest BCUT2D eigenvalue weighted by Gasteiger charge is 2.19. The summed E-state index contributed by atoms with van der Waals surface area (Å²) < 4.78 is 11.4. The van der Waals surface area contributed by atoms with Crippen molar-refractivity contribution in [1.29, 1.82) is 0 Å². The normalized spacial score (nSPS) is 17.9. The van der Waals surface area contributed by atoms with E-state index in [9.17, 15) is 4.79 Å². The third-order valence-corrected chi connectivity index (χ3v) is 6.30. The first-order chi connectivity index (χ1) is 15.3. The maximum Gasteiger partial charge on any atom is 0.272 e. The van der Waals surface area contributed by atoms with Gasteiger partial charge in [0.1, 0.15) is 17.0 Å². The molecule has 3 aromatic rings. The van der Waals surface area contributed by atoms with Gasteiger partial charge >= 0.3 is 0 Å². The lowest BCUT2D eigenvalue weighted by atomic mass is 10.1. The topological polar surface area (TPSA) is 58.8 Å². The van der Waals surface area contributed by atoms with Crippen LogP contribution in [0, 0.1) is 0 Å². The summed E-state index contributed by atoms with van der Waals surface area (Å²) in [5.74, 6) is 1.01. The number of hydrogen-bond acceptors (Lipinski definition) is 5. The van der Waals surface area contributed by atoms with Crippen molar-refractivity contribution in [2.45, 2.75) is 25.7 Å². The average Bonchev–Trinajstić information content (AvgIpc) is 3.26. The van der Waals surface area contributed by atoms with Crippen LogP contribution in [0.25, 0.3) is 22.1 Å². The zero-order valence-electron chi connectivity index (χ0n) is 17.9. The van der Waals surface area contributed by atoms with Gasteiger partial charge in [0.25, 0.3) is 5.91 Å². The second kappa shape index (κ2) is 9.20. The molecular formula is C25H29N3O3. The van der Waals surface area contributed by atoms with Gasteiger partial charge in [-0.15, -0.1) is 0 Å². The van der Waals surface area contributed by atoms with Crippen molar-refractivity contribution in [2.24, 2.45) is 0 Å². The molecule has 2 saturated heterocycles. The summed E-state index contributed by atoms with van der Waals surface area (Å²) in [5.41, 5.74) is 3.48. The Morgan fingerprint density at radius 1 is 0.935 bits per heavy atom. The Labute approximate surface area is 182 Å². The monoisotopic (exact) mass is 419 g/mol. The van der Waals surface area contributed by atoms with E-state index in [1.54, 1.807) is 11.1 Å². The van der Waals surface area contributed by atoms with Gasteiger partial charge in [0.15, 0.2) is 0 Å². The summed E-state index contributed by atoms with van der Waals surface area (Å²) in [5, 5.41) is 1.11. The molecule has 2 aliphatic rings. The lowest BCUT2D eigenvalue weighted by molar-refractivity contribution is 0.0299. The van der Waals surface area contributed by atoms with Crippen molar-refractivity contribution in [1.82, 2.24) is 14.8 Å². The summed E-state index contributed by atoms with van der Waals surface area (Å²) in [6.07, 6.45) is 6.72. The van der Waals surface area contributed by atoms with Crippen molar-refractivity contribution >= 4 is 16.9 Å². The highest BCUT2D eigenvalue weighted by Crippen LogP contribution is 2.27. The molecule has 0 radical (unpaired) electrons. The fourth-order valence-electron chi connectivity index (χ4n) is 4.47. The van der Waals surface area contributed by atoms with Crippen molar-refractivity contribution in [3.63, 3.8) is 0 Å². The van der Waals surface area contributed by atoms with Crippen molar-refractivity contribution < 1.29 is 13.9 Å². The van der Waals surface area contributed by atoms with Gasteiger partial charge in [-0.3, -0.25) is 9.78 Å². The summed E-state index contributed by atoms with van der Waals surface area (Å²) >= 11 is 0. The average molecular weight is 420 g/mol. The summed E-state index contributed by atoms with van der Waals surface area (Å²) in [6.45, 7) is 5.92. The Hall–Kier alpha value is -2.70. The number of rotatable bonds is 5. The van der Waals surface area contributed by atoms with Crippen LogP contribution in [-0.4, -0.2) is 66.6 Å². The molecule has 0 atom stereocenters. The predicted octanol–water partition coefficient (Wildman–Crippen LogP) is 4.00. The predicted molar refractivity (Wildman–Crippen MR) is 120 cm³/mol. The van der Waals surface area contributed by atoms with Crippen LogP contribution in [0.3, 0.4) is 0 Å². The van der Waals surface area contributed by atoms with Crippen molar-refractivity contribution in [2.75, 3.05) is 45.9 Å². The fourth-order valence-corrected chi connectivity index (χ4v) is 4.47. The number of piperidine rings is 1. The minimum absolute atomic E-state index is 0.0292. The second-order valence-electron chi connectivity index (χ2n) is 8.45. The van der Waals surface area contributed by atoms with E-state index < -0.39 is 0 Å². The SMILES string of the molecule is O=C(c1ccc(-c2ccc3oc(CCN4CCCCC4)cc3c2)cn1)N1CCOCC1. The third kappa shape index (κ3) is 4.65. The second-order valence-corrected chi connectivity index (χ2v) is 8.45. The number of hydrogen-bond donors (Lipinski definition) is 0. The van der Waals surface area contributed by atoms with Crippen molar-refractivity contribution in [3.8, 4) is 11.1 Å². The van der Waals surface area contributed by atoms with Crippen LogP contribution in [0.4, 0.5) is 0 Å². The molecule has 0 spiro atoms. The smallest absolute Gasteiger partial charge is 0.272 e. The standard InChI is InChI=1S/C25H29N3O3/c29-25(28-12-14-30-15-13-28)23-6-4-20(18-26-23)19-5-7-24-21(16-19)17-22(31-24)8-11-27-9-2-1-3-10-27/h4-7,16-18H,1-3,8-15H2. The maximum absolute atomic E-state index is 12.6. The van der Waals surface area contributed by atoms with E-state index >= 15 is 0 Å². The van der Waals surface area contributed by atoms with Gasteiger partial charge in [-0.2, -0.15) is 0 Å². The number of pyridine rings is 1. The molecule has 0 saturated carbocycles. The number of benzene rings is 1. The van der Waals surface area contributed by atoms with Crippen LogP contribution in [0.2, 0.25) is 0 Å². The number of fused-ring (bicyclic) bond motifs is 1. The molecule has 162 valence electrons. The molecule has 2 fully saturated rings. The van der Waals surface area contributed by atoms with Crippen LogP contribution in [-0.2, 0) is 11.2 Å². The molecule has 31 heavy (non-hydrogen) atoms. The molecule has 2 aromatic heterocycles. The number of amides is 1. The summed E-state index contributed by atoms with van der Waals surface area (Å²) in [6, 6.07) is 12.2. The highest BCUT2D eigenvalue weighted by atomic mass is 16.5. The van der Waals surface area contributed by atoms with Crippen LogP contribution in [0.1, 0.15) is 35.5 Å². The molecule has 6 heteroatoms. The highest BCUT2D eigenvalue weighted by molar-refractivity contribution is 5.93. The summed E-state index contributed by atoms with van der Waals surface area (Å²) in [7, 11) is 0. The van der Waals surface area contributed by atoms with Gasteiger partial charge < -0.3 is 19.0 Å². The number of carbonyl (C=O) groups is 1. The third-order valence-electron chi connectivity index (χ3n) is 6.30. The first kappa shape index (κ1) is 20.2. The first-order valence-corrected chi connectivity index (χ1v) is 11.3. The van der Waals surface area contributed by atoms with E-state index in [0.717, 1.165) is 40.8 Å². The van der Waals surface area contributed by atoms with E-state index in [1.807, 2.05) is 18.2 Å². The molecular weight excluding hydrogens is 390 g/mol.